The van der Waals surface area contributed by atoms with Crippen molar-refractivity contribution in [3.63, 3.8) is 0 Å². The highest BCUT2D eigenvalue weighted by Crippen LogP contribution is 2.30. The Labute approximate surface area is 117 Å². The Morgan fingerprint density at radius 1 is 0.895 bits per heavy atom. The van der Waals surface area contributed by atoms with Gasteiger partial charge >= 0.3 is 0 Å². The Hall–Kier alpha value is -1.12. The number of rotatable bonds is 0. The molecule has 0 N–H and O–H groups in total. The summed E-state index contributed by atoms with van der Waals surface area (Å²) in [5, 5.41) is 0. The van der Waals surface area contributed by atoms with E-state index < -0.39 is 0 Å². The van der Waals surface area contributed by atoms with Gasteiger partial charge in [0.2, 0.25) is 0 Å². The number of hydrogen-bond donors (Lipinski definition) is 0. The van der Waals surface area contributed by atoms with Crippen LogP contribution >= 0.6 is 0 Å². The molecular formula is C16H28N2O. The third-order valence-electron chi connectivity index (χ3n) is 3.15. The van der Waals surface area contributed by atoms with Gasteiger partial charge in [-0.1, -0.05) is 41.5 Å². The minimum atomic E-state index is -0.250. The molecule has 0 bridgehead atoms. The van der Waals surface area contributed by atoms with E-state index in [1.54, 1.807) is 10.9 Å². The van der Waals surface area contributed by atoms with Gasteiger partial charge < -0.3 is 0 Å². The molecule has 0 aliphatic rings. The first-order valence-electron chi connectivity index (χ1n) is 6.89. The summed E-state index contributed by atoms with van der Waals surface area (Å²) in [6, 6.07) is 0. The minimum absolute atomic E-state index is 0.0833. The summed E-state index contributed by atoms with van der Waals surface area (Å²) in [6.45, 7) is 18.6. The normalized spacial score (nSPS) is 13.7. The Bertz CT molecular complexity index is 520. The van der Waals surface area contributed by atoms with E-state index in [9.17, 15) is 4.79 Å². The molecule has 108 valence electrons. The Morgan fingerprint density at radius 2 is 1.37 bits per heavy atom. The predicted molar refractivity (Wildman–Crippen MR) is 80.9 cm³/mol. The van der Waals surface area contributed by atoms with Crippen molar-refractivity contribution in [1.82, 2.24) is 9.55 Å². The van der Waals surface area contributed by atoms with Gasteiger partial charge in [0, 0.05) is 16.5 Å². The average molecular weight is 264 g/mol. The molecule has 3 heteroatoms. The molecule has 0 aliphatic carbocycles. The number of nitrogens with zero attached hydrogens (tertiary/aromatic N) is 2. The lowest BCUT2D eigenvalue weighted by Gasteiger charge is -2.31. The van der Waals surface area contributed by atoms with Crippen molar-refractivity contribution in [2.45, 2.75) is 78.7 Å². The van der Waals surface area contributed by atoms with Gasteiger partial charge in [-0.05, 0) is 26.2 Å². The molecule has 0 unspecified atom stereocenters. The molecule has 0 aliphatic heterocycles. The van der Waals surface area contributed by atoms with Gasteiger partial charge in [-0.15, -0.1) is 0 Å². The average Bonchev–Trinajstić information content (AvgIpc) is 2.11. The second-order valence-electron chi connectivity index (χ2n) is 8.31. The fourth-order valence-electron chi connectivity index (χ4n) is 2.18. The van der Waals surface area contributed by atoms with Crippen molar-refractivity contribution < 1.29 is 0 Å². The SMILES string of the molecule is CC(C)(C)c1ncn(C(C)(C)C)c(=O)c1C(C)(C)C. The zero-order valence-electron chi connectivity index (χ0n) is 13.9. The van der Waals surface area contributed by atoms with E-state index in [0.717, 1.165) is 11.3 Å². The van der Waals surface area contributed by atoms with Gasteiger partial charge in [-0.3, -0.25) is 9.36 Å². The third kappa shape index (κ3) is 3.26. The topological polar surface area (TPSA) is 34.9 Å². The van der Waals surface area contributed by atoms with Crippen LogP contribution in [0.25, 0.3) is 0 Å². The Balaban J connectivity index is 3.76. The van der Waals surface area contributed by atoms with Crippen LogP contribution in [0, 0.1) is 0 Å². The maximum Gasteiger partial charge on any atom is 0.257 e. The second-order valence-corrected chi connectivity index (χ2v) is 8.31. The van der Waals surface area contributed by atoms with Gasteiger partial charge in [-0.25, -0.2) is 4.98 Å². The van der Waals surface area contributed by atoms with Crippen molar-refractivity contribution in [2.75, 3.05) is 0 Å². The molecule has 1 aromatic heterocycles. The van der Waals surface area contributed by atoms with Crippen LogP contribution in [0.1, 0.15) is 73.6 Å². The van der Waals surface area contributed by atoms with Crippen LogP contribution in [-0.2, 0) is 16.4 Å². The Kier molecular flexibility index (Phi) is 3.74. The van der Waals surface area contributed by atoms with Crippen LogP contribution in [0.15, 0.2) is 11.1 Å². The highest BCUT2D eigenvalue weighted by Gasteiger charge is 2.31. The first kappa shape index (κ1) is 15.9. The molecular weight excluding hydrogens is 236 g/mol. The van der Waals surface area contributed by atoms with Crippen molar-refractivity contribution in [1.29, 1.82) is 0 Å². The van der Waals surface area contributed by atoms with Crippen LogP contribution < -0.4 is 5.56 Å². The van der Waals surface area contributed by atoms with E-state index in [4.69, 9.17) is 0 Å². The molecule has 19 heavy (non-hydrogen) atoms. The van der Waals surface area contributed by atoms with Crippen LogP contribution in [0.2, 0.25) is 0 Å². The highest BCUT2D eigenvalue weighted by molar-refractivity contribution is 5.30. The summed E-state index contributed by atoms with van der Waals surface area (Å²) in [5.74, 6) is 0. The highest BCUT2D eigenvalue weighted by atomic mass is 16.1. The molecule has 1 aromatic rings. The fraction of sp³-hybridized carbons (Fsp3) is 0.750. The summed E-state index contributed by atoms with van der Waals surface area (Å²) in [7, 11) is 0. The summed E-state index contributed by atoms with van der Waals surface area (Å²) in [4.78, 5) is 17.5. The summed E-state index contributed by atoms with van der Waals surface area (Å²) >= 11 is 0. The fourth-order valence-corrected chi connectivity index (χ4v) is 2.18. The van der Waals surface area contributed by atoms with E-state index in [0.29, 0.717) is 0 Å². The standard InChI is InChI=1S/C16H28N2O/c1-14(2,3)11-12(15(4,5)6)17-10-18(13(11)19)16(7,8)9/h10H,1-9H3. The second kappa shape index (κ2) is 4.46. The smallest absolute Gasteiger partial charge is 0.257 e. The third-order valence-corrected chi connectivity index (χ3v) is 3.15. The maximum absolute atomic E-state index is 12.9. The molecule has 1 heterocycles. The lowest BCUT2D eigenvalue weighted by atomic mass is 9.79. The lowest BCUT2D eigenvalue weighted by Crippen LogP contribution is -2.41. The van der Waals surface area contributed by atoms with Crippen molar-refractivity contribution in [3.05, 3.63) is 27.9 Å². The van der Waals surface area contributed by atoms with Gasteiger partial charge in [0.05, 0.1) is 12.0 Å². The van der Waals surface area contributed by atoms with E-state index >= 15 is 0 Å². The van der Waals surface area contributed by atoms with Crippen LogP contribution in [-0.4, -0.2) is 9.55 Å². The number of hydrogen-bond acceptors (Lipinski definition) is 2. The molecule has 0 saturated heterocycles. The van der Waals surface area contributed by atoms with Crippen molar-refractivity contribution in [3.8, 4) is 0 Å². The summed E-state index contributed by atoms with van der Waals surface area (Å²) in [6.07, 6.45) is 1.69. The first-order chi connectivity index (χ1) is 8.26. The monoisotopic (exact) mass is 264 g/mol. The van der Waals surface area contributed by atoms with Crippen molar-refractivity contribution >= 4 is 0 Å². The minimum Gasteiger partial charge on any atom is -0.294 e. The van der Waals surface area contributed by atoms with Gasteiger partial charge in [-0.2, -0.15) is 0 Å². The van der Waals surface area contributed by atoms with Gasteiger partial charge in [0.25, 0.3) is 5.56 Å². The summed E-state index contributed by atoms with van der Waals surface area (Å²) < 4.78 is 1.74. The largest absolute Gasteiger partial charge is 0.294 e. The molecule has 0 fully saturated rings. The molecule has 0 saturated carbocycles. The quantitative estimate of drug-likeness (QED) is 0.717. The number of aromatic nitrogens is 2. The van der Waals surface area contributed by atoms with Crippen molar-refractivity contribution in [2.24, 2.45) is 0 Å². The van der Waals surface area contributed by atoms with Crippen LogP contribution in [0.5, 0.6) is 0 Å². The molecule has 0 aromatic carbocycles. The van der Waals surface area contributed by atoms with E-state index in [1.807, 2.05) is 20.8 Å². The van der Waals surface area contributed by atoms with E-state index in [2.05, 4.69) is 46.5 Å². The van der Waals surface area contributed by atoms with E-state index in [1.165, 1.54) is 0 Å². The molecule has 1 rings (SSSR count). The summed E-state index contributed by atoms with van der Waals surface area (Å²) in [5.41, 5.74) is 1.24. The van der Waals surface area contributed by atoms with E-state index in [-0.39, 0.29) is 21.9 Å². The predicted octanol–water partition coefficient (Wildman–Crippen LogP) is 3.59. The lowest BCUT2D eigenvalue weighted by molar-refractivity contribution is 0.365. The molecule has 3 nitrogen and oxygen atoms in total. The zero-order valence-corrected chi connectivity index (χ0v) is 13.9. The van der Waals surface area contributed by atoms with Gasteiger partial charge in [0.1, 0.15) is 0 Å². The van der Waals surface area contributed by atoms with Crippen LogP contribution in [0.4, 0.5) is 0 Å². The molecule has 0 amide bonds. The first-order valence-corrected chi connectivity index (χ1v) is 6.89. The molecule has 0 spiro atoms. The zero-order chi connectivity index (χ0) is 15.2. The van der Waals surface area contributed by atoms with Gasteiger partial charge in [0.15, 0.2) is 0 Å². The molecule has 0 radical (unpaired) electrons. The maximum atomic E-state index is 12.9. The van der Waals surface area contributed by atoms with Crippen LogP contribution in [0.3, 0.4) is 0 Å². The Morgan fingerprint density at radius 3 is 1.68 bits per heavy atom. The molecule has 0 atom stereocenters.